The highest BCUT2D eigenvalue weighted by molar-refractivity contribution is 8.00. The van der Waals surface area contributed by atoms with Crippen LogP contribution >= 0.6 is 23.1 Å². The van der Waals surface area contributed by atoms with Gasteiger partial charge in [0.25, 0.3) is 0 Å². The lowest BCUT2D eigenvalue weighted by molar-refractivity contribution is -0.116. The van der Waals surface area contributed by atoms with Gasteiger partial charge in [-0.25, -0.2) is 4.98 Å². The summed E-state index contributed by atoms with van der Waals surface area (Å²) in [6.07, 6.45) is 2.00. The van der Waals surface area contributed by atoms with E-state index in [1.54, 1.807) is 19.1 Å². The highest BCUT2D eigenvalue weighted by Crippen LogP contribution is 2.40. The Morgan fingerprint density at radius 1 is 1.19 bits per heavy atom. The Balaban J connectivity index is 1.62. The van der Waals surface area contributed by atoms with E-state index in [4.69, 9.17) is 19.2 Å². The summed E-state index contributed by atoms with van der Waals surface area (Å²) >= 11 is 2.98. The smallest absolute Gasteiger partial charge is 0.239 e. The van der Waals surface area contributed by atoms with E-state index in [0.717, 1.165) is 34.8 Å². The zero-order chi connectivity index (χ0) is 21.8. The maximum Gasteiger partial charge on any atom is 0.239 e. The normalized spacial score (nSPS) is 15.9. The van der Waals surface area contributed by atoms with Gasteiger partial charge >= 0.3 is 0 Å². The Labute approximate surface area is 190 Å². The molecular weight excluding hydrogens is 432 g/mol. The molecule has 1 amide bonds. The average Bonchev–Trinajstić information content (AvgIpc) is 3.46. The molecule has 0 aliphatic carbocycles. The first kappa shape index (κ1) is 21.9. The van der Waals surface area contributed by atoms with E-state index >= 15 is 0 Å². The number of carbonyl (C=O) groups excluding carboxylic acids is 1. The number of thiazole rings is 1. The zero-order valence-electron chi connectivity index (χ0n) is 17.9. The van der Waals surface area contributed by atoms with Crippen molar-refractivity contribution in [1.29, 1.82) is 0 Å². The number of amides is 1. The molecule has 0 N–H and O–H groups in total. The van der Waals surface area contributed by atoms with E-state index in [9.17, 15) is 4.79 Å². The summed E-state index contributed by atoms with van der Waals surface area (Å²) in [4.78, 5) is 20.9. The molecule has 1 aliphatic heterocycles. The van der Waals surface area contributed by atoms with Crippen LogP contribution in [0.2, 0.25) is 0 Å². The molecule has 3 aromatic rings. The van der Waals surface area contributed by atoms with E-state index in [0.29, 0.717) is 28.7 Å². The predicted molar refractivity (Wildman–Crippen MR) is 126 cm³/mol. The summed E-state index contributed by atoms with van der Waals surface area (Å²) in [6, 6.07) is 11.9. The van der Waals surface area contributed by atoms with Gasteiger partial charge in [0.15, 0.2) is 5.13 Å². The summed E-state index contributed by atoms with van der Waals surface area (Å²) in [5.41, 5.74) is 1.91. The number of anilines is 1. The van der Waals surface area contributed by atoms with Crippen molar-refractivity contribution >= 4 is 44.4 Å². The van der Waals surface area contributed by atoms with Gasteiger partial charge in [0.1, 0.15) is 21.7 Å². The minimum Gasteiger partial charge on any atom is -0.495 e. The maximum absolute atomic E-state index is 13.3. The number of rotatable bonds is 8. The second-order valence-electron chi connectivity index (χ2n) is 7.39. The van der Waals surface area contributed by atoms with Gasteiger partial charge in [-0.2, -0.15) is 0 Å². The summed E-state index contributed by atoms with van der Waals surface area (Å²) in [6.45, 7) is 3.29. The fourth-order valence-corrected chi connectivity index (χ4v) is 5.40. The van der Waals surface area contributed by atoms with Gasteiger partial charge in [-0.05, 0) is 44.0 Å². The first-order chi connectivity index (χ1) is 15.1. The van der Waals surface area contributed by atoms with Gasteiger partial charge in [0.05, 0.1) is 32.6 Å². The molecule has 0 saturated carbocycles. The van der Waals surface area contributed by atoms with Gasteiger partial charge in [-0.1, -0.05) is 29.0 Å². The van der Waals surface area contributed by atoms with Crippen molar-refractivity contribution in [2.45, 2.75) is 30.8 Å². The first-order valence-corrected chi connectivity index (χ1v) is 12.0. The molecule has 164 valence electrons. The molecule has 31 heavy (non-hydrogen) atoms. The number of benzene rings is 2. The second kappa shape index (κ2) is 9.89. The van der Waals surface area contributed by atoms with Crippen molar-refractivity contribution in [3.63, 3.8) is 0 Å². The van der Waals surface area contributed by atoms with Crippen LogP contribution in [-0.4, -0.2) is 50.1 Å². The molecule has 1 atom stereocenters. The molecule has 2 heterocycles. The lowest BCUT2D eigenvalue weighted by atomic mass is 10.2. The van der Waals surface area contributed by atoms with Gasteiger partial charge in [-0.15, -0.1) is 11.8 Å². The number of hydrogen-bond donors (Lipinski definition) is 0. The molecule has 1 aliphatic rings. The number of ether oxygens (including phenoxy) is 3. The molecule has 1 aromatic heterocycles. The number of methoxy groups -OCH3 is 2. The number of aromatic nitrogens is 1. The molecule has 0 radical (unpaired) electrons. The minimum absolute atomic E-state index is 0.0121. The molecule has 1 saturated heterocycles. The zero-order valence-corrected chi connectivity index (χ0v) is 19.6. The minimum atomic E-state index is 0.0121. The van der Waals surface area contributed by atoms with Crippen LogP contribution in [-0.2, 0) is 9.53 Å². The number of hydrogen-bond acceptors (Lipinski definition) is 7. The number of fused-ring (bicyclic) bond motifs is 1. The SMILES string of the molecule is COc1ccc(OC)c2sc(N(CC3CCCO3)C(=O)CSc3ccc(C)cc3)nc12. The van der Waals surface area contributed by atoms with Crippen molar-refractivity contribution < 1.29 is 19.0 Å². The van der Waals surface area contributed by atoms with Crippen LogP contribution in [0.25, 0.3) is 10.2 Å². The molecular formula is C23H26N2O4S2. The first-order valence-electron chi connectivity index (χ1n) is 10.2. The second-order valence-corrected chi connectivity index (χ2v) is 9.41. The molecule has 1 fully saturated rings. The Morgan fingerprint density at radius 3 is 2.61 bits per heavy atom. The van der Waals surface area contributed by atoms with Gasteiger partial charge < -0.3 is 14.2 Å². The molecule has 0 bridgehead atoms. The van der Waals surface area contributed by atoms with Crippen molar-refractivity contribution in [3.8, 4) is 11.5 Å². The predicted octanol–water partition coefficient (Wildman–Crippen LogP) is 4.93. The molecule has 0 spiro atoms. The average molecular weight is 459 g/mol. The molecule has 4 rings (SSSR count). The largest absolute Gasteiger partial charge is 0.495 e. The third-order valence-corrected chi connectivity index (χ3v) is 7.31. The lowest BCUT2D eigenvalue weighted by Gasteiger charge is -2.23. The third-order valence-electron chi connectivity index (χ3n) is 5.22. The van der Waals surface area contributed by atoms with Crippen LogP contribution in [0, 0.1) is 6.92 Å². The number of aryl methyl sites for hydroxylation is 1. The topological polar surface area (TPSA) is 60.9 Å². The van der Waals surface area contributed by atoms with Crippen LogP contribution in [0.3, 0.4) is 0 Å². The van der Waals surface area contributed by atoms with Crippen molar-refractivity contribution in [1.82, 2.24) is 4.98 Å². The fourth-order valence-electron chi connectivity index (χ4n) is 3.53. The number of carbonyl (C=O) groups is 1. The Morgan fingerprint density at radius 2 is 1.94 bits per heavy atom. The van der Waals surface area contributed by atoms with Crippen molar-refractivity contribution in [2.24, 2.45) is 0 Å². The highest BCUT2D eigenvalue weighted by atomic mass is 32.2. The third kappa shape index (κ3) is 4.97. The van der Waals surface area contributed by atoms with Gasteiger partial charge in [-0.3, -0.25) is 9.69 Å². The Hall–Kier alpha value is -2.29. The molecule has 2 aromatic carbocycles. The quantitative estimate of drug-likeness (QED) is 0.446. The van der Waals surface area contributed by atoms with E-state index in [-0.39, 0.29) is 12.0 Å². The fraction of sp³-hybridized carbons (Fsp3) is 0.391. The van der Waals surface area contributed by atoms with E-state index < -0.39 is 0 Å². The van der Waals surface area contributed by atoms with Gasteiger partial charge in [0.2, 0.25) is 5.91 Å². The van der Waals surface area contributed by atoms with Crippen molar-refractivity contribution in [3.05, 3.63) is 42.0 Å². The maximum atomic E-state index is 13.3. The summed E-state index contributed by atoms with van der Waals surface area (Å²) in [5, 5.41) is 0.641. The van der Waals surface area contributed by atoms with E-state index in [1.165, 1.54) is 28.7 Å². The molecule has 6 nitrogen and oxygen atoms in total. The number of thioether (sulfide) groups is 1. The summed E-state index contributed by atoms with van der Waals surface area (Å²) in [7, 11) is 3.25. The summed E-state index contributed by atoms with van der Waals surface area (Å²) < 4.78 is 17.7. The number of nitrogens with zero attached hydrogens (tertiary/aromatic N) is 2. The van der Waals surface area contributed by atoms with Crippen LogP contribution in [0.15, 0.2) is 41.3 Å². The summed E-state index contributed by atoms with van der Waals surface area (Å²) in [5.74, 6) is 1.73. The van der Waals surface area contributed by atoms with Crippen LogP contribution in [0.4, 0.5) is 5.13 Å². The monoisotopic (exact) mass is 458 g/mol. The standard InChI is InChI=1S/C23H26N2O4S2/c1-15-6-8-17(9-7-15)30-14-20(26)25(13-16-5-4-12-29-16)23-24-21-18(27-2)10-11-19(28-3)22(21)31-23/h6-11,16H,4-5,12-14H2,1-3H3. The molecule has 8 heteroatoms. The van der Waals surface area contributed by atoms with Crippen LogP contribution < -0.4 is 14.4 Å². The van der Waals surface area contributed by atoms with E-state index in [1.807, 2.05) is 24.3 Å². The highest BCUT2D eigenvalue weighted by Gasteiger charge is 2.27. The van der Waals surface area contributed by atoms with Crippen molar-refractivity contribution in [2.75, 3.05) is 38.0 Å². The van der Waals surface area contributed by atoms with Gasteiger partial charge in [0, 0.05) is 11.5 Å². The Kier molecular flexibility index (Phi) is 6.99. The lowest BCUT2D eigenvalue weighted by Crippen LogP contribution is -2.38. The van der Waals surface area contributed by atoms with E-state index in [2.05, 4.69) is 19.1 Å². The molecule has 1 unspecified atom stereocenters. The van der Waals surface area contributed by atoms with Crippen LogP contribution in [0.5, 0.6) is 11.5 Å². The van der Waals surface area contributed by atoms with Crippen LogP contribution in [0.1, 0.15) is 18.4 Å². The Bertz CT molecular complexity index is 1000.